The van der Waals surface area contributed by atoms with Crippen molar-refractivity contribution in [1.29, 1.82) is 0 Å². The van der Waals surface area contributed by atoms with E-state index in [1.165, 1.54) is 0 Å². The number of furan rings is 1. The molecule has 16 heavy (non-hydrogen) atoms. The Hall–Kier alpha value is -1.35. The summed E-state index contributed by atoms with van der Waals surface area (Å²) in [5, 5.41) is 0.455. The predicted molar refractivity (Wildman–Crippen MR) is 63.4 cm³/mol. The van der Waals surface area contributed by atoms with Gasteiger partial charge in [-0.25, -0.2) is 9.97 Å². The third kappa shape index (κ3) is 2.25. The fourth-order valence-electron chi connectivity index (χ4n) is 1.32. The highest BCUT2D eigenvalue weighted by Crippen LogP contribution is 2.25. The van der Waals surface area contributed by atoms with Crippen LogP contribution in [-0.4, -0.2) is 9.97 Å². The number of hydrogen-bond donors (Lipinski definition) is 0. The molecule has 0 radical (unpaired) electrons. The fourth-order valence-corrected chi connectivity index (χ4v) is 1.51. The monoisotopic (exact) mass is 236 g/mol. The first-order valence-electron chi connectivity index (χ1n) is 5.04. The molecule has 2 aromatic heterocycles. The summed E-state index contributed by atoms with van der Waals surface area (Å²) in [4.78, 5) is 8.68. The van der Waals surface area contributed by atoms with Crippen molar-refractivity contribution < 1.29 is 4.42 Å². The minimum Gasteiger partial charge on any atom is -0.472 e. The lowest BCUT2D eigenvalue weighted by atomic mass is 9.92. The van der Waals surface area contributed by atoms with Crippen molar-refractivity contribution in [3.63, 3.8) is 0 Å². The number of halogens is 1. The van der Waals surface area contributed by atoms with Gasteiger partial charge in [0.1, 0.15) is 11.4 Å². The van der Waals surface area contributed by atoms with Crippen LogP contribution in [-0.2, 0) is 5.41 Å². The number of nitrogens with zero attached hydrogens (tertiary/aromatic N) is 2. The SMILES string of the molecule is CC(C)(C)c1cc(Cl)nc(-c2ccoc2)n1. The first kappa shape index (κ1) is 11.1. The zero-order valence-electron chi connectivity index (χ0n) is 9.49. The quantitative estimate of drug-likeness (QED) is 0.709. The minimum absolute atomic E-state index is 0.0505. The van der Waals surface area contributed by atoms with Crippen LogP contribution in [0.4, 0.5) is 0 Å². The standard InChI is InChI=1S/C12H13ClN2O/c1-12(2,3)9-6-10(13)15-11(14-9)8-4-5-16-7-8/h4-7H,1-3H3. The Labute approximate surface area is 99.5 Å². The lowest BCUT2D eigenvalue weighted by Gasteiger charge is -2.18. The van der Waals surface area contributed by atoms with Crippen molar-refractivity contribution in [2.45, 2.75) is 26.2 Å². The molecule has 0 spiro atoms. The number of hydrogen-bond acceptors (Lipinski definition) is 3. The second-order valence-corrected chi connectivity index (χ2v) is 5.05. The lowest BCUT2D eigenvalue weighted by molar-refractivity contribution is 0.564. The summed E-state index contributed by atoms with van der Waals surface area (Å²) in [6.45, 7) is 6.26. The van der Waals surface area contributed by atoms with Gasteiger partial charge in [-0.1, -0.05) is 32.4 Å². The molecule has 0 bridgehead atoms. The average molecular weight is 237 g/mol. The summed E-state index contributed by atoms with van der Waals surface area (Å²) in [6.07, 6.45) is 3.20. The molecule has 0 fully saturated rings. The van der Waals surface area contributed by atoms with Crippen molar-refractivity contribution in [1.82, 2.24) is 9.97 Å². The Morgan fingerprint density at radius 1 is 1.25 bits per heavy atom. The van der Waals surface area contributed by atoms with Crippen LogP contribution < -0.4 is 0 Å². The molecule has 0 N–H and O–H groups in total. The molecule has 0 aliphatic carbocycles. The summed E-state index contributed by atoms with van der Waals surface area (Å²) in [6, 6.07) is 3.61. The molecule has 0 unspecified atom stereocenters. The van der Waals surface area contributed by atoms with Crippen LogP contribution in [0.2, 0.25) is 5.15 Å². The highest BCUT2D eigenvalue weighted by molar-refractivity contribution is 6.29. The van der Waals surface area contributed by atoms with Crippen LogP contribution in [0, 0.1) is 0 Å². The maximum absolute atomic E-state index is 5.99. The summed E-state index contributed by atoms with van der Waals surface area (Å²) < 4.78 is 5.01. The van der Waals surface area contributed by atoms with Crippen molar-refractivity contribution in [3.05, 3.63) is 35.5 Å². The molecule has 3 nitrogen and oxygen atoms in total. The Morgan fingerprint density at radius 3 is 2.56 bits per heavy atom. The van der Waals surface area contributed by atoms with Crippen molar-refractivity contribution in [3.8, 4) is 11.4 Å². The smallest absolute Gasteiger partial charge is 0.164 e. The molecule has 2 rings (SSSR count). The van der Waals surface area contributed by atoms with Gasteiger partial charge in [-0.15, -0.1) is 0 Å². The van der Waals surface area contributed by atoms with Crippen LogP contribution >= 0.6 is 11.6 Å². The van der Waals surface area contributed by atoms with Gasteiger partial charge in [-0.2, -0.15) is 0 Å². The van der Waals surface area contributed by atoms with Crippen LogP contribution in [0.3, 0.4) is 0 Å². The number of aromatic nitrogens is 2. The van der Waals surface area contributed by atoms with Crippen LogP contribution in [0.1, 0.15) is 26.5 Å². The van der Waals surface area contributed by atoms with Gasteiger partial charge in [0.05, 0.1) is 17.5 Å². The molecule has 0 aliphatic rings. The van der Waals surface area contributed by atoms with Crippen molar-refractivity contribution in [2.75, 3.05) is 0 Å². The van der Waals surface area contributed by atoms with Gasteiger partial charge in [0.25, 0.3) is 0 Å². The van der Waals surface area contributed by atoms with Crippen LogP contribution in [0.25, 0.3) is 11.4 Å². The molecule has 0 atom stereocenters. The Balaban J connectivity index is 2.53. The molecular formula is C12H13ClN2O. The minimum atomic E-state index is -0.0505. The summed E-state index contributed by atoms with van der Waals surface area (Å²) in [7, 11) is 0. The van der Waals surface area contributed by atoms with Gasteiger partial charge in [-0.05, 0) is 12.1 Å². The molecule has 0 aromatic carbocycles. The first-order chi connectivity index (χ1) is 7.47. The molecule has 0 saturated carbocycles. The van der Waals surface area contributed by atoms with Gasteiger partial charge >= 0.3 is 0 Å². The van der Waals surface area contributed by atoms with E-state index < -0.39 is 0 Å². The summed E-state index contributed by atoms with van der Waals surface area (Å²) in [5.74, 6) is 0.603. The molecule has 4 heteroatoms. The van der Waals surface area contributed by atoms with E-state index in [0.29, 0.717) is 11.0 Å². The molecule has 0 saturated heterocycles. The van der Waals surface area contributed by atoms with Crippen molar-refractivity contribution >= 4 is 11.6 Å². The summed E-state index contributed by atoms with van der Waals surface area (Å²) in [5.41, 5.74) is 1.71. The van der Waals surface area contributed by atoms with E-state index in [1.54, 1.807) is 18.6 Å². The Kier molecular flexibility index (Phi) is 2.72. The van der Waals surface area contributed by atoms with E-state index in [-0.39, 0.29) is 5.41 Å². The Bertz CT molecular complexity index is 486. The summed E-state index contributed by atoms with van der Waals surface area (Å²) >= 11 is 5.99. The van der Waals surface area contributed by atoms with Crippen LogP contribution in [0.5, 0.6) is 0 Å². The second kappa shape index (κ2) is 3.91. The molecule has 2 heterocycles. The van der Waals surface area contributed by atoms with Gasteiger partial charge < -0.3 is 4.42 Å². The normalized spacial score (nSPS) is 11.8. The predicted octanol–water partition coefficient (Wildman–Crippen LogP) is 3.69. The molecular weight excluding hydrogens is 224 g/mol. The molecule has 2 aromatic rings. The lowest BCUT2D eigenvalue weighted by Crippen LogP contribution is -2.14. The third-order valence-electron chi connectivity index (χ3n) is 2.24. The maximum atomic E-state index is 5.99. The van der Waals surface area contributed by atoms with E-state index in [2.05, 4.69) is 30.7 Å². The van der Waals surface area contributed by atoms with E-state index in [0.717, 1.165) is 11.3 Å². The topological polar surface area (TPSA) is 38.9 Å². The second-order valence-electron chi connectivity index (χ2n) is 4.66. The van der Waals surface area contributed by atoms with E-state index >= 15 is 0 Å². The van der Waals surface area contributed by atoms with Gasteiger partial charge in [0.2, 0.25) is 0 Å². The average Bonchev–Trinajstić information content (AvgIpc) is 2.68. The van der Waals surface area contributed by atoms with E-state index in [9.17, 15) is 0 Å². The van der Waals surface area contributed by atoms with Crippen molar-refractivity contribution in [2.24, 2.45) is 0 Å². The van der Waals surface area contributed by atoms with E-state index in [4.69, 9.17) is 16.0 Å². The fraction of sp³-hybridized carbons (Fsp3) is 0.333. The highest BCUT2D eigenvalue weighted by Gasteiger charge is 2.18. The van der Waals surface area contributed by atoms with Gasteiger partial charge in [0.15, 0.2) is 5.82 Å². The zero-order valence-corrected chi connectivity index (χ0v) is 10.2. The van der Waals surface area contributed by atoms with E-state index in [1.807, 2.05) is 6.07 Å². The molecule has 0 aliphatic heterocycles. The first-order valence-corrected chi connectivity index (χ1v) is 5.42. The zero-order chi connectivity index (χ0) is 11.8. The van der Waals surface area contributed by atoms with Gasteiger partial charge in [0, 0.05) is 5.41 Å². The molecule has 0 amide bonds. The highest BCUT2D eigenvalue weighted by atomic mass is 35.5. The maximum Gasteiger partial charge on any atom is 0.164 e. The molecule has 84 valence electrons. The van der Waals surface area contributed by atoms with Crippen LogP contribution in [0.15, 0.2) is 29.1 Å². The number of rotatable bonds is 1. The van der Waals surface area contributed by atoms with Gasteiger partial charge in [-0.3, -0.25) is 0 Å². The largest absolute Gasteiger partial charge is 0.472 e. The third-order valence-corrected chi connectivity index (χ3v) is 2.44. The Morgan fingerprint density at radius 2 is 2.00 bits per heavy atom.